The molecule has 1 aromatic heterocycles. The molecule has 1 saturated carbocycles. The number of nitrogens with one attached hydrogen (secondary N) is 1. The fourth-order valence-corrected chi connectivity index (χ4v) is 4.52. The molecular formula is C24H29N3O4. The maximum atomic E-state index is 13.4. The molecule has 1 N–H and O–H groups in total. The van der Waals surface area contributed by atoms with Gasteiger partial charge in [0.15, 0.2) is 6.04 Å². The number of carbonyl (C=O) groups is 3. The van der Waals surface area contributed by atoms with Crippen molar-refractivity contribution in [3.05, 3.63) is 53.9 Å². The van der Waals surface area contributed by atoms with E-state index < -0.39 is 12.0 Å². The molecule has 1 aliphatic carbocycles. The Labute approximate surface area is 182 Å². The molecule has 2 heterocycles. The van der Waals surface area contributed by atoms with Crippen molar-refractivity contribution in [2.45, 2.75) is 58.2 Å². The van der Waals surface area contributed by atoms with Crippen LogP contribution in [0, 0.1) is 5.92 Å². The van der Waals surface area contributed by atoms with E-state index in [4.69, 9.17) is 4.74 Å². The van der Waals surface area contributed by atoms with Gasteiger partial charge in [0.25, 0.3) is 0 Å². The highest BCUT2D eigenvalue weighted by Gasteiger charge is 2.39. The van der Waals surface area contributed by atoms with Crippen LogP contribution < -0.4 is 10.2 Å². The third-order valence-corrected chi connectivity index (χ3v) is 6.24. The summed E-state index contributed by atoms with van der Waals surface area (Å²) in [5.74, 6) is -0.0446. The maximum absolute atomic E-state index is 13.4. The van der Waals surface area contributed by atoms with Gasteiger partial charge in [-0.15, -0.1) is 0 Å². The van der Waals surface area contributed by atoms with Crippen LogP contribution in [0.3, 0.4) is 0 Å². The van der Waals surface area contributed by atoms with Crippen molar-refractivity contribution < 1.29 is 19.1 Å². The topological polar surface area (TPSA) is 80.6 Å². The Kier molecular flexibility index (Phi) is 6.11. The van der Waals surface area contributed by atoms with E-state index in [0.29, 0.717) is 23.8 Å². The summed E-state index contributed by atoms with van der Waals surface area (Å²) in [5, 5.41) is 3.19. The monoisotopic (exact) mass is 423 g/mol. The lowest BCUT2D eigenvalue weighted by Crippen LogP contribution is -2.51. The van der Waals surface area contributed by atoms with Gasteiger partial charge in [-0.3, -0.25) is 14.5 Å². The Morgan fingerprint density at radius 1 is 1.10 bits per heavy atom. The lowest BCUT2D eigenvalue weighted by molar-refractivity contribution is -0.128. The summed E-state index contributed by atoms with van der Waals surface area (Å²) in [4.78, 5) is 40.0. The first-order valence-electron chi connectivity index (χ1n) is 11.0. The molecule has 0 radical (unpaired) electrons. The van der Waals surface area contributed by atoms with Gasteiger partial charge in [-0.1, -0.05) is 6.92 Å². The van der Waals surface area contributed by atoms with Gasteiger partial charge >= 0.3 is 5.97 Å². The average Bonchev–Trinajstić information content (AvgIpc) is 3.22. The van der Waals surface area contributed by atoms with Gasteiger partial charge in [0.1, 0.15) is 6.54 Å². The van der Waals surface area contributed by atoms with Gasteiger partial charge < -0.3 is 14.6 Å². The highest BCUT2D eigenvalue weighted by atomic mass is 16.5. The van der Waals surface area contributed by atoms with Crippen LogP contribution in [-0.2, 0) is 20.9 Å². The maximum Gasteiger partial charge on any atom is 0.338 e. The first-order chi connectivity index (χ1) is 15.0. The fourth-order valence-electron chi connectivity index (χ4n) is 4.52. The number of fused-ring (bicyclic) bond motifs is 1. The van der Waals surface area contributed by atoms with Crippen LogP contribution >= 0.6 is 0 Å². The van der Waals surface area contributed by atoms with Crippen LogP contribution in [0.4, 0.5) is 5.69 Å². The average molecular weight is 424 g/mol. The normalized spacial score (nSPS) is 23.2. The molecule has 2 aliphatic rings. The molecule has 31 heavy (non-hydrogen) atoms. The van der Waals surface area contributed by atoms with E-state index in [1.165, 1.54) is 0 Å². The third-order valence-electron chi connectivity index (χ3n) is 6.24. The largest absolute Gasteiger partial charge is 0.462 e. The highest BCUT2D eigenvalue weighted by Crippen LogP contribution is 2.33. The fraction of sp³-hybridized carbons (Fsp3) is 0.458. The summed E-state index contributed by atoms with van der Waals surface area (Å²) in [6, 6.07) is 9.80. The van der Waals surface area contributed by atoms with Gasteiger partial charge in [0.05, 0.1) is 17.9 Å². The number of carbonyl (C=O) groups excluding carboxylic acids is 3. The summed E-state index contributed by atoms with van der Waals surface area (Å²) in [6.45, 7) is 4.47. The first kappa shape index (κ1) is 21.2. The Balaban J connectivity index is 1.61. The van der Waals surface area contributed by atoms with Crippen LogP contribution in [0.25, 0.3) is 0 Å². The molecule has 2 aromatic rings. The van der Waals surface area contributed by atoms with Crippen LogP contribution in [0.15, 0.2) is 42.6 Å². The highest BCUT2D eigenvalue weighted by molar-refractivity contribution is 6.02. The molecule has 1 fully saturated rings. The second-order valence-corrected chi connectivity index (χ2v) is 8.46. The van der Waals surface area contributed by atoms with Crippen LogP contribution in [-0.4, -0.2) is 35.0 Å². The van der Waals surface area contributed by atoms with Crippen molar-refractivity contribution in [1.82, 2.24) is 9.88 Å². The zero-order valence-corrected chi connectivity index (χ0v) is 18.0. The van der Waals surface area contributed by atoms with Crippen molar-refractivity contribution in [3.8, 4) is 0 Å². The van der Waals surface area contributed by atoms with E-state index in [2.05, 4.69) is 12.2 Å². The number of esters is 1. The predicted molar refractivity (Wildman–Crippen MR) is 117 cm³/mol. The lowest BCUT2D eigenvalue weighted by Gasteiger charge is -2.37. The van der Waals surface area contributed by atoms with Crippen molar-refractivity contribution >= 4 is 23.5 Å². The van der Waals surface area contributed by atoms with Gasteiger partial charge in [-0.05, 0) is 74.9 Å². The zero-order valence-electron chi connectivity index (χ0n) is 18.0. The molecule has 1 atom stereocenters. The van der Waals surface area contributed by atoms with Crippen molar-refractivity contribution in [2.75, 3.05) is 11.5 Å². The molecule has 1 aromatic carbocycles. The predicted octanol–water partition coefficient (Wildman–Crippen LogP) is 3.45. The molecule has 4 rings (SSSR count). The molecule has 7 nitrogen and oxygen atoms in total. The zero-order chi connectivity index (χ0) is 22.0. The Morgan fingerprint density at radius 2 is 1.81 bits per heavy atom. The number of nitrogens with zero attached hydrogens (tertiary/aromatic N) is 2. The quantitative estimate of drug-likeness (QED) is 0.747. The molecule has 0 saturated heterocycles. The van der Waals surface area contributed by atoms with E-state index in [1.807, 2.05) is 22.9 Å². The van der Waals surface area contributed by atoms with Crippen molar-refractivity contribution in [1.29, 1.82) is 0 Å². The van der Waals surface area contributed by atoms with Crippen LogP contribution in [0.2, 0.25) is 0 Å². The van der Waals surface area contributed by atoms with E-state index >= 15 is 0 Å². The molecular weight excluding hydrogens is 394 g/mol. The van der Waals surface area contributed by atoms with Gasteiger partial charge in [0, 0.05) is 17.9 Å². The number of amides is 2. The van der Waals surface area contributed by atoms with E-state index in [-0.39, 0.29) is 24.4 Å². The van der Waals surface area contributed by atoms with E-state index in [1.54, 1.807) is 36.1 Å². The summed E-state index contributed by atoms with van der Waals surface area (Å²) in [7, 11) is 0. The summed E-state index contributed by atoms with van der Waals surface area (Å²) < 4.78 is 6.87. The molecule has 0 spiro atoms. The minimum atomic E-state index is -0.746. The standard InChI is InChI=1S/C24H29N3O4/c1-3-31-24(30)17-8-12-19(13-9-17)27-21(28)15-26-14-4-5-20(26)22(27)23(29)25-18-10-6-16(2)7-11-18/h4-5,8-9,12-14,16,18,22H,3,6-7,10-11,15H2,1-2H3,(H,25,29)/t16?,18?,22-/m1/s1. The third kappa shape index (κ3) is 4.36. The van der Waals surface area contributed by atoms with Crippen LogP contribution in [0.1, 0.15) is 61.6 Å². The van der Waals surface area contributed by atoms with E-state index in [0.717, 1.165) is 31.4 Å². The summed E-state index contributed by atoms with van der Waals surface area (Å²) >= 11 is 0. The summed E-state index contributed by atoms with van der Waals surface area (Å²) in [5.41, 5.74) is 1.79. The number of aromatic nitrogens is 1. The molecule has 2 amide bonds. The van der Waals surface area contributed by atoms with Gasteiger partial charge in [-0.2, -0.15) is 0 Å². The molecule has 164 valence electrons. The lowest BCUT2D eigenvalue weighted by atomic mass is 9.87. The van der Waals surface area contributed by atoms with Crippen LogP contribution in [0.5, 0.6) is 0 Å². The second-order valence-electron chi connectivity index (χ2n) is 8.46. The molecule has 0 unspecified atom stereocenters. The molecule has 1 aliphatic heterocycles. The number of hydrogen-bond acceptors (Lipinski definition) is 4. The Hall–Kier alpha value is -3.09. The number of hydrogen-bond donors (Lipinski definition) is 1. The van der Waals surface area contributed by atoms with E-state index in [9.17, 15) is 14.4 Å². The smallest absolute Gasteiger partial charge is 0.338 e. The Bertz CT molecular complexity index is 957. The Morgan fingerprint density at radius 3 is 2.48 bits per heavy atom. The minimum absolute atomic E-state index is 0.136. The van der Waals surface area contributed by atoms with Crippen molar-refractivity contribution in [3.63, 3.8) is 0 Å². The first-order valence-corrected chi connectivity index (χ1v) is 11.0. The van der Waals surface area contributed by atoms with Gasteiger partial charge in [-0.25, -0.2) is 4.79 Å². The number of anilines is 1. The number of ether oxygens (including phenoxy) is 1. The number of rotatable bonds is 5. The summed E-state index contributed by atoms with van der Waals surface area (Å²) in [6.07, 6.45) is 5.95. The second kappa shape index (κ2) is 8.96. The van der Waals surface area contributed by atoms with Gasteiger partial charge in [0.2, 0.25) is 11.8 Å². The number of benzene rings is 1. The molecule has 0 bridgehead atoms. The van der Waals surface area contributed by atoms with Crippen molar-refractivity contribution in [2.24, 2.45) is 5.92 Å². The minimum Gasteiger partial charge on any atom is -0.462 e. The SMILES string of the molecule is CCOC(=O)c1ccc(N2C(=O)Cn3cccc3[C@@H]2C(=O)NC2CCC(C)CC2)cc1. The molecule has 7 heteroatoms.